The molecular weight excluding hydrogens is 368 g/mol. The van der Waals surface area contributed by atoms with Gasteiger partial charge in [0.25, 0.3) is 5.56 Å². The van der Waals surface area contributed by atoms with E-state index in [1.165, 1.54) is 4.88 Å². The second-order valence-electron chi connectivity index (χ2n) is 7.60. The van der Waals surface area contributed by atoms with E-state index in [9.17, 15) is 10.1 Å². The van der Waals surface area contributed by atoms with E-state index in [0.717, 1.165) is 40.9 Å². The van der Waals surface area contributed by atoms with Crippen LogP contribution in [0.1, 0.15) is 35.2 Å². The van der Waals surface area contributed by atoms with Gasteiger partial charge in [-0.1, -0.05) is 19.1 Å². The van der Waals surface area contributed by atoms with Crippen molar-refractivity contribution in [3.63, 3.8) is 0 Å². The van der Waals surface area contributed by atoms with Gasteiger partial charge in [-0.3, -0.25) is 4.79 Å². The minimum atomic E-state index is -0.142. The molecule has 28 heavy (non-hydrogen) atoms. The van der Waals surface area contributed by atoms with Crippen LogP contribution in [0.4, 0.5) is 5.69 Å². The lowest BCUT2D eigenvalue weighted by Crippen LogP contribution is -2.14. The first kappa shape index (κ1) is 18.5. The lowest BCUT2D eigenvalue weighted by molar-refractivity contribution is 0.509. The van der Waals surface area contributed by atoms with E-state index < -0.39 is 0 Å². The quantitative estimate of drug-likeness (QED) is 0.679. The summed E-state index contributed by atoms with van der Waals surface area (Å²) in [5, 5.41) is 10.4. The zero-order chi connectivity index (χ0) is 19.8. The minimum absolute atomic E-state index is 0.142. The molecule has 2 aromatic heterocycles. The Morgan fingerprint density at radius 1 is 1.36 bits per heavy atom. The third-order valence-electron chi connectivity index (χ3n) is 5.26. The second kappa shape index (κ2) is 7.25. The first-order valence-corrected chi connectivity index (χ1v) is 10.2. The predicted octanol–water partition coefficient (Wildman–Crippen LogP) is 4.24. The van der Waals surface area contributed by atoms with Gasteiger partial charge >= 0.3 is 0 Å². The van der Waals surface area contributed by atoms with E-state index in [1.807, 2.05) is 43.3 Å². The molecule has 1 N–H and O–H groups in total. The molecule has 4 rings (SSSR count). The van der Waals surface area contributed by atoms with Crippen molar-refractivity contribution < 1.29 is 0 Å². The smallest absolute Gasteiger partial charge is 0.260 e. The number of H-pyrrole nitrogens is 1. The van der Waals surface area contributed by atoms with E-state index in [1.54, 1.807) is 17.4 Å². The summed E-state index contributed by atoms with van der Waals surface area (Å²) in [5.41, 5.74) is 3.35. The molecule has 1 atom stereocenters. The number of nitrogens with one attached hydrogen (secondary N) is 1. The van der Waals surface area contributed by atoms with Gasteiger partial charge in [0.2, 0.25) is 0 Å². The first-order valence-electron chi connectivity index (χ1n) is 9.40. The zero-order valence-electron chi connectivity index (χ0n) is 16.2. The van der Waals surface area contributed by atoms with Crippen LogP contribution in [-0.2, 0) is 12.8 Å². The monoisotopic (exact) mass is 390 g/mol. The Labute approximate surface area is 168 Å². The van der Waals surface area contributed by atoms with Gasteiger partial charge in [-0.25, -0.2) is 4.98 Å². The van der Waals surface area contributed by atoms with Gasteiger partial charge in [-0.2, -0.15) is 5.26 Å². The van der Waals surface area contributed by atoms with Gasteiger partial charge in [-0.05, 0) is 54.5 Å². The average molecular weight is 391 g/mol. The van der Waals surface area contributed by atoms with Crippen molar-refractivity contribution in [2.75, 3.05) is 19.0 Å². The average Bonchev–Trinajstić information content (AvgIpc) is 3.04. The fraction of sp³-hybridized carbons (Fsp3) is 0.318. The molecule has 0 aliphatic heterocycles. The van der Waals surface area contributed by atoms with Gasteiger partial charge in [0, 0.05) is 24.7 Å². The SMILES string of the molecule is C[C@@H]1CCc2c(sc3nc(/C(C#N)=C/c4ccc(N(C)C)cc4)[nH]c(=O)c23)C1. The summed E-state index contributed by atoms with van der Waals surface area (Å²) in [6, 6.07) is 10.1. The fourth-order valence-corrected chi connectivity index (χ4v) is 5.05. The summed E-state index contributed by atoms with van der Waals surface area (Å²) < 4.78 is 0. The van der Waals surface area contributed by atoms with Gasteiger partial charge < -0.3 is 9.88 Å². The summed E-state index contributed by atoms with van der Waals surface area (Å²) in [4.78, 5) is 24.3. The van der Waals surface area contributed by atoms with E-state index in [-0.39, 0.29) is 5.56 Å². The summed E-state index contributed by atoms with van der Waals surface area (Å²) in [5.74, 6) is 0.974. The van der Waals surface area contributed by atoms with Crippen molar-refractivity contribution in [1.29, 1.82) is 5.26 Å². The Morgan fingerprint density at radius 3 is 2.79 bits per heavy atom. The summed E-state index contributed by atoms with van der Waals surface area (Å²) in [6.07, 6.45) is 4.80. The third kappa shape index (κ3) is 3.34. The topological polar surface area (TPSA) is 72.8 Å². The minimum Gasteiger partial charge on any atom is -0.378 e. The van der Waals surface area contributed by atoms with E-state index in [2.05, 4.69) is 23.0 Å². The number of fused-ring (bicyclic) bond motifs is 3. The molecule has 142 valence electrons. The van der Waals surface area contributed by atoms with Crippen LogP contribution in [0.25, 0.3) is 21.9 Å². The number of hydrogen-bond donors (Lipinski definition) is 1. The van der Waals surface area contributed by atoms with Crippen molar-refractivity contribution in [2.45, 2.75) is 26.2 Å². The number of allylic oxidation sites excluding steroid dienone is 1. The van der Waals surface area contributed by atoms with Crippen LogP contribution in [0.3, 0.4) is 0 Å². The molecule has 1 aromatic carbocycles. The number of aromatic amines is 1. The predicted molar refractivity (Wildman–Crippen MR) is 116 cm³/mol. The zero-order valence-corrected chi connectivity index (χ0v) is 17.1. The molecule has 3 aromatic rings. The molecule has 0 radical (unpaired) electrons. The Hall–Kier alpha value is -2.91. The number of anilines is 1. The summed E-state index contributed by atoms with van der Waals surface area (Å²) >= 11 is 1.60. The molecular formula is C22H22N4OS. The molecule has 1 aliphatic rings. The van der Waals surface area contributed by atoms with Gasteiger partial charge in [0.1, 0.15) is 10.9 Å². The number of hydrogen-bond acceptors (Lipinski definition) is 5. The van der Waals surface area contributed by atoms with Crippen molar-refractivity contribution in [3.05, 3.63) is 56.4 Å². The van der Waals surface area contributed by atoms with E-state index in [4.69, 9.17) is 0 Å². The maximum atomic E-state index is 12.8. The highest BCUT2D eigenvalue weighted by Gasteiger charge is 2.23. The number of rotatable bonds is 3. The lowest BCUT2D eigenvalue weighted by atomic mass is 9.89. The van der Waals surface area contributed by atoms with Gasteiger partial charge in [0.15, 0.2) is 5.82 Å². The fourth-order valence-electron chi connectivity index (χ4n) is 3.67. The summed E-state index contributed by atoms with van der Waals surface area (Å²) in [6.45, 7) is 2.24. The molecule has 0 fully saturated rings. The highest BCUT2D eigenvalue weighted by molar-refractivity contribution is 7.18. The molecule has 0 spiro atoms. The Balaban J connectivity index is 1.77. The van der Waals surface area contributed by atoms with Crippen LogP contribution in [0.2, 0.25) is 0 Å². The molecule has 0 saturated heterocycles. The van der Waals surface area contributed by atoms with Crippen LogP contribution in [0, 0.1) is 17.2 Å². The molecule has 0 bridgehead atoms. The van der Waals surface area contributed by atoms with Crippen LogP contribution in [-0.4, -0.2) is 24.1 Å². The van der Waals surface area contributed by atoms with Crippen molar-refractivity contribution in [1.82, 2.24) is 9.97 Å². The van der Waals surface area contributed by atoms with Crippen LogP contribution in [0.15, 0.2) is 29.1 Å². The van der Waals surface area contributed by atoms with E-state index >= 15 is 0 Å². The van der Waals surface area contributed by atoms with Crippen LogP contribution in [0.5, 0.6) is 0 Å². The number of thiophene rings is 1. The maximum Gasteiger partial charge on any atom is 0.260 e. The molecule has 5 nitrogen and oxygen atoms in total. The number of aryl methyl sites for hydroxylation is 1. The number of aromatic nitrogens is 2. The molecule has 6 heteroatoms. The largest absolute Gasteiger partial charge is 0.378 e. The Kier molecular flexibility index (Phi) is 4.78. The molecule has 1 aliphatic carbocycles. The molecule has 0 unspecified atom stereocenters. The van der Waals surface area contributed by atoms with Crippen LogP contribution >= 0.6 is 11.3 Å². The third-order valence-corrected chi connectivity index (χ3v) is 6.41. The van der Waals surface area contributed by atoms with Crippen LogP contribution < -0.4 is 10.5 Å². The maximum absolute atomic E-state index is 12.8. The summed E-state index contributed by atoms with van der Waals surface area (Å²) in [7, 11) is 3.97. The molecule has 0 saturated carbocycles. The normalized spacial score (nSPS) is 16.6. The highest BCUT2D eigenvalue weighted by atomic mass is 32.1. The Bertz CT molecular complexity index is 1160. The first-order chi connectivity index (χ1) is 13.5. The second-order valence-corrected chi connectivity index (χ2v) is 8.69. The van der Waals surface area contributed by atoms with Crippen molar-refractivity contribution in [2.24, 2.45) is 5.92 Å². The number of benzene rings is 1. The lowest BCUT2D eigenvalue weighted by Gasteiger charge is -2.17. The molecule has 0 amide bonds. The standard InChI is InChI=1S/C22H22N4OS/c1-13-4-9-17-18(10-13)28-22-19(17)21(27)24-20(25-22)15(12-23)11-14-5-7-16(8-6-14)26(2)3/h5-8,11,13H,4,9-10H2,1-3H3,(H,24,25,27)/b15-11+/t13-/m1/s1. The Morgan fingerprint density at radius 2 is 2.11 bits per heavy atom. The number of nitriles is 1. The molecule has 2 heterocycles. The van der Waals surface area contributed by atoms with Crippen molar-refractivity contribution in [3.8, 4) is 6.07 Å². The van der Waals surface area contributed by atoms with E-state index in [0.29, 0.717) is 22.7 Å². The van der Waals surface area contributed by atoms with Crippen molar-refractivity contribution >= 4 is 38.9 Å². The van der Waals surface area contributed by atoms with Gasteiger partial charge in [-0.15, -0.1) is 11.3 Å². The van der Waals surface area contributed by atoms with Gasteiger partial charge in [0.05, 0.1) is 11.0 Å². The highest BCUT2D eigenvalue weighted by Crippen LogP contribution is 2.36. The number of nitrogens with zero attached hydrogens (tertiary/aromatic N) is 3.